The number of hydrogen-bond donors (Lipinski definition) is 2. The number of aliphatic imine (C=N–C) groups is 1. The van der Waals surface area contributed by atoms with E-state index in [9.17, 15) is 0 Å². The number of fused-ring (bicyclic) bond motifs is 1. The van der Waals surface area contributed by atoms with Gasteiger partial charge in [0.1, 0.15) is 11.4 Å². The van der Waals surface area contributed by atoms with E-state index in [0.29, 0.717) is 25.0 Å². The molecule has 2 aromatic rings. The van der Waals surface area contributed by atoms with Crippen molar-refractivity contribution in [1.29, 1.82) is 0 Å². The van der Waals surface area contributed by atoms with Crippen LogP contribution >= 0.6 is 24.0 Å². The number of nitrogens with one attached hydrogen (secondary N) is 1. The van der Waals surface area contributed by atoms with Crippen molar-refractivity contribution in [2.24, 2.45) is 10.7 Å². The first-order chi connectivity index (χ1) is 12.4. The largest absolute Gasteiger partial charge is 0.493 e. The number of ether oxygens (including phenoxy) is 2. The number of pyridine rings is 1. The SMILES string of the molecule is CC(C)(C)Oc1ccc(CN=C(N)NC2CCOc3ccccc32)cn1.I. The lowest BCUT2D eigenvalue weighted by Crippen LogP contribution is -2.37. The molecule has 2 heterocycles. The quantitative estimate of drug-likeness (QED) is 0.394. The fourth-order valence-corrected chi connectivity index (χ4v) is 2.77. The number of nitrogens with zero attached hydrogens (tertiary/aromatic N) is 2. The Labute approximate surface area is 177 Å². The Morgan fingerprint density at radius 1 is 1.30 bits per heavy atom. The van der Waals surface area contributed by atoms with E-state index in [1.165, 1.54) is 0 Å². The van der Waals surface area contributed by atoms with Crippen LogP contribution in [0.1, 0.15) is 44.4 Å². The highest BCUT2D eigenvalue weighted by Gasteiger charge is 2.21. The molecule has 27 heavy (non-hydrogen) atoms. The maximum Gasteiger partial charge on any atom is 0.213 e. The van der Waals surface area contributed by atoms with E-state index in [1.807, 2.05) is 51.1 Å². The maximum absolute atomic E-state index is 6.08. The van der Waals surface area contributed by atoms with Crippen LogP contribution in [0, 0.1) is 0 Å². The second kappa shape index (κ2) is 9.25. The standard InChI is InChI=1S/C20H26N4O2.HI/c1-20(2,3)26-18-9-8-14(12-22-18)13-23-19(21)24-16-10-11-25-17-7-5-4-6-15(16)17;/h4-9,12,16H,10-11,13H2,1-3H3,(H3,21,23,24);1H. The van der Waals surface area contributed by atoms with Crippen molar-refractivity contribution in [3.63, 3.8) is 0 Å². The van der Waals surface area contributed by atoms with Crippen molar-refractivity contribution in [3.8, 4) is 11.6 Å². The molecule has 0 bridgehead atoms. The molecular formula is C20H27IN4O2. The van der Waals surface area contributed by atoms with E-state index in [0.717, 1.165) is 23.3 Å². The first-order valence-electron chi connectivity index (χ1n) is 8.83. The summed E-state index contributed by atoms with van der Waals surface area (Å²) in [6.45, 7) is 7.11. The van der Waals surface area contributed by atoms with Gasteiger partial charge in [-0.25, -0.2) is 9.98 Å². The molecule has 3 N–H and O–H groups in total. The molecule has 3 rings (SSSR count). The van der Waals surface area contributed by atoms with Gasteiger partial charge in [0.25, 0.3) is 0 Å². The number of rotatable bonds is 4. The molecule has 0 aliphatic carbocycles. The van der Waals surface area contributed by atoms with Gasteiger partial charge in [-0.05, 0) is 32.4 Å². The summed E-state index contributed by atoms with van der Waals surface area (Å²) in [5.74, 6) is 1.93. The van der Waals surface area contributed by atoms with Crippen LogP contribution < -0.4 is 20.5 Å². The molecule has 1 aliphatic rings. The van der Waals surface area contributed by atoms with Gasteiger partial charge in [-0.3, -0.25) is 0 Å². The highest BCUT2D eigenvalue weighted by molar-refractivity contribution is 14.0. The molecule has 146 valence electrons. The summed E-state index contributed by atoms with van der Waals surface area (Å²) in [7, 11) is 0. The Balaban J connectivity index is 0.00000261. The Morgan fingerprint density at radius 2 is 2.07 bits per heavy atom. The van der Waals surface area contributed by atoms with Crippen LogP contribution in [0.25, 0.3) is 0 Å². The molecule has 1 aliphatic heterocycles. The van der Waals surface area contributed by atoms with Gasteiger partial charge >= 0.3 is 0 Å². The Morgan fingerprint density at radius 3 is 2.78 bits per heavy atom. The lowest BCUT2D eigenvalue weighted by molar-refractivity contribution is 0.124. The fraction of sp³-hybridized carbons (Fsp3) is 0.400. The van der Waals surface area contributed by atoms with E-state index in [-0.39, 0.29) is 35.6 Å². The monoisotopic (exact) mass is 482 g/mol. The van der Waals surface area contributed by atoms with Crippen LogP contribution in [0.15, 0.2) is 47.6 Å². The van der Waals surface area contributed by atoms with Crippen LogP contribution in [-0.2, 0) is 6.54 Å². The molecular weight excluding hydrogens is 455 g/mol. The first kappa shape index (κ1) is 21.3. The molecule has 0 saturated heterocycles. The van der Waals surface area contributed by atoms with Crippen LogP contribution in [0.3, 0.4) is 0 Å². The van der Waals surface area contributed by atoms with Crippen molar-refractivity contribution in [2.75, 3.05) is 6.61 Å². The number of guanidine groups is 1. The van der Waals surface area contributed by atoms with Gasteiger partial charge in [-0.15, -0.1) is 24.0 Å². The molecule has 1 unspecified atom stereocenters. The third kappa shape index (κ3) is 6.27. The van der Waals surface area contributed by atoms with Crippen molar-refractivity contribution in [1.82, 2.24) is 10.3 Å². The molecule has 0 fully saturated rings. The van der Waals surface area contributed by atoms with Gasteiger partial charge in [-0.2, -0.15) is 0 Å². The summed E-state index contributed by atoms with van der Waals surface area (Å²) in [5, 5.41) is 3.29. The fourth-order valence-electron chi connectivity index (χ4n) is 2.77. The van der Waals surface area contributed by atoms with Gasteiger partial charge in [0.05, 0.1) is 19.2 Å². The van der Waals surface area contributed by atoms with Gasteiger partial charge in [0, 0.05) is 24.2 Å². The zero-order chi connectivity index (χ0) is 18.6. The van der Waals surface area contributed by atoms with Crippen LogP contribution in [-0.4, -0.2) is 23.2 Å². The van der Waals surface area contributed by atoms with Crippen molar-refractivity contribution in [2.45, 2.75) is 45.4 Å². The second-order valence-electron chi connectivity index (χ2n) is 7.29. The number of aromatic nitrogens is 1. The minimum absolute atomic E-state index is 0. The molecule has 0 amide bonds. The predicted octanol–water partition coefficient (Wildman–Crippen LogP) is 3.81. The highest BCUT2D eigenvalue weighted by atomic mass is 127. The maximum atomic E-state index is 6.08. The summed E-state index contributed by atoms with van der Waals surface area (Å²) in [4.78, 5) is 8.75. The minimum atomic E-state index is -0.263. The average molecular weight is 482 g/mol. The second-order valence-corrected chi connectivity index (χ2v) is 7.29. The zero-order valence-electron chi connectivity index (χ0n) is 15.9. The lowest BCUT2D eigenvalue weighted by Gasteiger charge is -2.26. The molecule has 1 aromatic heterocycles. The van der Waals surface area contributed by atoms with Crippen molar-refractivity contribution >= 4 is 29.9 Å². The van der Waals surface area contributed by atoms with Gasteiger partial charge in [-0.1, -0.05) is 24.3 Å². The molecule has 1 aromatic carbocycles. The molecule has 0 saturated carbocycles. The van der Waals surface area contributed by atoms with Crippen molar-refractivity contribution < 1.29 is 9.47 Å². The van der Waals surface area contributed by atoms with E-state index < -0.39 is 0 Å². The average Bonchev–Trinajstić information content (AvgIpc) is 2.60. The minimum Gasteiger partial charge on any atom is -0.493 e. The van der Waals surface area contributed by atoms with Crippen LogP contribution in [0.2, 0.25) is 0 Å². The summed E-state index contributed by atoms with van der Waals surface area (Å²) >= 11 is 0. The molecule has 1 atom stereocenters. The smallest absolute Gasteiger partial charge is 0.213 e. The first-order valence-corrected chi connectivity index (χ1v) is 8.83. The predicted molar refractivity (Wildman–Crippen MR) is 118 cm³/mol. The summed E-state index contributed by atoms with van der Waals surface area (Å²) in [5.41, 5.74) is 7.90. The van der Waals surface area contributed by atoms with Crippen LogP contribution in [0.4, 0.5) is 0 Å². The number of halogens is 1. The third-order valence-corrected chi connectivity index (χ3v) is 3.92. The summed E-state index contributed by atoms with van der Waals surface area (Å²) in [6, 6.07) is 11.9. The number of benzene rings is 1. The Bertz CT molecular complexity index is 772. The van der Waals surface area contributed by atoms with Crippen molar-refractivity contribution in [3.05, 3.63) is 53.7 Å². The molecule has 0 spiro atoms. The highest BCUT2D eigenvalue weighted by Crippen LogP contribution is 2.31. The van der Waals surface area contributed by atoms with Gasteiger partial charge in [0.15, 0.2) is 5.96 Å². The lowest BCUT2D eigenvalue weighted by atomic mass is 10.0. The molecule has 0 radical (unpaired) electrons. The molecule has 6 nitrogen and oxygen atoms in total. The Kier molecular flexibility index (Phi) is 7.29. The van der Waals surface area contributed by atoms with Gasteiger partial charge in [0.2, 0.25) is 5.88 Å². The van der Waals surface area contributed by atoms with Gasteiger partial charge < -0.3 is 20.5 Å². The molecule has 7 heteroatoms. The number of nitrogens with two attached hydrogens (primary N) is 1. The van der Waals surface area contributed by atoms with E-state index >= 15 is 0 Å². The van der Waals surface area contributed by atoms with E-state index in [4.69, 9.17) is 15.2 Å². The van der Waals surface area contributed by atoms with E-state index in [1.54, 1.807) is 6.20 Å². The van der Waals surface area contributed by atoms with E-state index in [2.05, 4.69) is 21.4 Å². The normalized spacial score (nSPS) is 16.6. The Hall–Kier alpha value is -2.03. The summed E-state index contributed by atoms with van der Waals surface area (Å²) in [6.07, 6.45) is 2.62. The summed E-state index contributed by atoms with van der Waals surface area (Å²) < 4.78 is 11.4. The van der Waals surface area contributed by atoms with Crippen LogP contribution in [0.5, 0.6) is 11.6 Å². The zero-order valence-corrected chi connectivity index (χ0v) is 18.3. The number of hydrogen-bond acceptors (Lipinski definition) is 4. The number of para-hydroxylation sites is 1. The topological polar surface area (TPSA) is 81.8 Å². The third-order valence-electron chi connectivity index (χ3n) is 3.92.